The summed E-state index contributed by atoms with van der Waals surface area (Å²) < 4.78 is 5.54. The highest BCUT2D eigenvalue weighted by molar-refractivity contribution is 6.31. The van der Waals surface area contributed by atoms with Gasteiger partial charge in [-0.1, -0.05) is 41.9 Å². The fraction of sp³-hybridized carbons (Fsp3) is 0.190. The van der Waals surface area contributed by atoms with E-state index in [-0.39, 0.29) is 22.2 Å². The SMILES string of the molecule is CC(C)(C)OC(=O)N(c1cc(-c2ccccc2)cnn1)c1ccnc(Cl)c1C#N. The summed E-state index contributed by atoms with van der Waals surface area (Å²) in [5.74, 6) is 0.194. The maximum Gasteiger partial charge on any atom is 0.420 e. The lowest BCUT2D eigenvalue weighted by molar-refractivity contribution is 0.0598. The van der Waals surface area contributed by atoms with Crippen molar-refractivity contribution in [1.29, 1.82) is 5.26 Å². The predicted molar refractivity (Wildman–Crippen MR) is 110 cm³/mol. The Bertz CT molecular complexity index is 1070. The average molecular weight is 408 g/mol. The van der Waals surface area contributed by atoms with Crippen LogP contribution in [0.4, 0.5) is 16.3 Å². The highest BCUT2D eigenvalue weighted by atomic mass is 35.5. The Morgan fingerprint density at radius 2 is 1.90 bits per heavy atom. The van der Waals surface area contributed by atoms with Crippen molar-refractivity contribution in [2.75, 3.05) is 4.90 Å². The molecule has 2 aromatic heterocycles. The Balaban J connectivity index is 2.16. The van der Waals surface area contributed by atoms with Crippen LogP contribution in [-0.4, -0.2) is 26.9 Å². The van der Waals surface area contributed by atoms with E-state index < -0.39 is 11.7 Å². The molecule has 0 aliphatic heterocycles. The number of anilines is 2. The van der Waals surface area contributed by atoms with E-state index in [1.54, 1.807) is 33.0 Å². The van der Waals surface area contributed by atoms with Gasteiger partial charge >= 0.3 is 6.09 Å². The molecule has 0 bridgehead atoms. The Morgan fingerprint density at radius 1 is 1.17 bits per heavy atom. The van der Waals surface area contributed by atoms with Gasteiger partial charge in [0, 0.05) is 11.8 Å². The molecular weight excluding hydrogens is 390 g/mol. The number of nitriles is 1. The number of hydrogen-bond acceptors (Lipinski definition) is 6. The standard InChI is InChI=1S/C21H18ClN5O2/c1-21(2,3)29-20(28)27(17-9-10-24-19(22)16(17)12-23)18-11-15(13-25-26-18)14-7-5-4-6-8-14/h4-11,13H,1-3H3. The van der Waals surface area contributed by atoms with E-state index in [0.29, 0.717) is 0 Å². The molecule has 2 heterocycles. The van der Waals surface area contributed by atoms with Gasteiger partial charge in [-0.2, -0.15) is 10.4 Å². The molecule has 0 N–H and O–H groups in total. The lowest BCUT2D eigenvalue weighted by Gasteiger charge is -2.27. The molecule has 3 aromatic rings. The molecule has 0 aliphatic carbocycles. The van der Waals surface area contributed by atoms with Crippen molar-refractivity contribution < 1.29 is 9.53 Å². The number of rotatable bonds is 3. The normalized spacial score (nSPS) is 10.9. The number of aromatic nitrogens is 3. The van der Waals surface area contributed by atoms with E-state index in [2.05, 4.69) is 15.2 Å². The van der Waals surface area contributed by atoms with Gasteiger partial charge in [0.05, 0.1) is 11.9 Å². The van der Waals surface area contributed by atoms with Gasteiger partial charge in [0.1, 0.15) is 22.4 Å². The van der Waals surface area contributed by atoms with Gasteiger partial charge in [-0.3, -0.25) is 0 Å². The molecule has 29 heavy (non-hydrogen) atoms. The molecule has 0 unspecified atom stereocenters. The number of halogens is 1. The van der Waals surface area contributed by atoms with Gasteiger partial charge in [-0.25, -0.2) is 14.7 Å². The van der Waals surface area contributed by atoms with Gasteiger partial charge in [0.2, 0.25) is 0 Å². The summed E-state index contributed by atoms with van der Waals surface area (Å²) >= 11 is 6.08. The van der Waals surface area contributed by atoms with Crippen molar-refractivity contribution in [3.63, 3.8) is 0 Å². The van der Waals surface area contributed by atoms with Gasteiger partial charge in [0.25, 0.3) is 0 Å². The van der Waals surface area contributed by atoms with Crippen LogP contribution in [0.3, 0.4) is 0 Å². The van der Waals surface area contributed by atoms with E-state index in [9.17, 15) is 10.1 Å². The molecule has 8 heteroatoms. The van der Waals surface area contributed by atoms with Crippen molar-refractivity contribution in [3.8, 4) is 17.2 Å². The highest BCUT2D eigenvalue weighted by Crippen LogP contribution is 2.33. The van der Waals surface area contributed by atoms with Crippen molar-refractivity contribution in [1.82, 2.24) is 15.2 Å². The van der Waals surface area contributed by atoms with Crippen LogP contribution in [0.5, 0.6) is 0 Å². The zero-order valence-electron chi connectivity index (χ0n) is 16.1. The largest absolute Gasteiger partial charge is 0.443 e. The van der Waals surface area contributed by atoms with Crippen LogP contribution in [0.2, 0.25) is 5.15 Å². The Kier molecular flexibility index (Phi) is 5.76. The van der Waals surface area contributed by atoms with E-state index in [4.69, 9.17) is 16.3 Å². The minimum Gasteiger partial charge on any atom is -0.443 e. The Morgan fingerprint density at radius 3 is 2.55 bits per heavy atom. The molecule has 0 atom stereocenters. The lowest BCUT2D eigenvalue weighted by atomic mass is 10.1. The van der Waals surface area contributed by atoms with Crippen LogP contribution in [0, 0.1) is 11.3 Å². The van der Waals surface area contributed by atoms with Crippen molar-refractivity contribution in [3.05, 3.63) is 65.6 Å². The second-order valence-corrected chi connectivity index (χ2v) is 7.45. The first-order chi connectivity index (χ1) is 13.8. The second kappa shape index (κ2) is 8.25. The third kappa shape index (κ3) is 4.68. The third-order valence-electron chi connectivity index (χ3n) is 3.79. The van der Waals surface area contributed by atoms with Crippen LogP contribution in [0.25, 0.3) is 11.1 Å². The summed E-state index contributed by atoms with van der Waals surface area (Å²) in [7, 11) is 0. The molecule has 0 spiro atoms. The van der Waals surface area contributed by atoms with Crippen molar-refractivity contribution in [2.45, 2.75) is 26.4 Å². The average Bonchev–Trinajstić information content (AvgIpc) is 2.68. The number of hydrogen-bond donors (Lipinski definition) is 0. The molecule has 0 fully saturated rings. The number of carbonyl (C=O) groups is 1. The fourth-order valence-electron chi connectivity index (χ4n) is 2.59. The van der Waals surface area contributed by atoms with E-state index >= 15 is 0 Å². The summed E-state index contributed by atoms with van der Waals surface area (Å²) in [5.41, 5.74) is 1.14. The van der Waals surface area contributed by atoms with E-state index in [1.807, 2.05) is 36.4 Å². The maximum absolute atomic E-state index is 13.1. The topological polar surface area (TPSA) is 92.0 Å². The summed E-state index contributed by atoms with van der Waals surface area (Å²) in [6, 6.07) is 14.7. The number of benzene rings is 1. The van der Waals surface area contributed by atoms with Gasteiger partial charge in [0.15, 0.2) is 5.82 Å². The second-order valence-electron chi connectivity index (χ2n) is 7.09. The first kappa shape index (κ1) is 20.2. The van der Waals surface area contributed by atoms with Crippen molar-refractivity contribution in [2.24, 2.45) is 0 Å². The van der Waals surface area contributed by atoms with Gasteiger partial charge < -0.3 is 4.74 Å². The molecule has 1 aromatic carbocycles. The molecule has 0 saturated carbocycles. The number of ether oxygens (including phenoxy) is 1. The molecule has 0 saturated heterocycles. The smallest absolute Gasteiger partial charge is 0.420 e. The summed E-state index contributed by atoms with van der Waals surface area (Å²) in [4.78, 5) is 18.1. The van der Waals surface area contributed by atoms with Crippen LogP contribution in [0.15, 0.2) is 54.9 Å². The number of pyridine rings is 1. The zero-order chi connectivity index (χ0) is 21.0. The summed E-state index contributed by atoms with van der Waals surface area (Å²) in [6.07, 6.45) is 2.29. The van der Waals surface area contributed by atoms with E-state index in [1.165, 1.54) is 17.2 Å². The monoisotopic (exact) mass is 407 g/mol. The highest BCUT2D eigenvalue weighted by Gasteiger charge is 2.29. The van der Waals surface area contributed by atoms with Gasteiger partial charge in [-0.15, -0.1) is 5.10 Å². The van der Waals surface area contributed by atoms with Gasteiger partial charge in [-0.05, 0) is 38.5 Å². The third-order valence-corrected chi connectivity index (χ3v) is 4.08. The minimum absolute atomic E-state index is 0.0225. The maximum atomic E-state index is 13.1. The van der Waals surface area contributed by atoms with Crippen LogP contribution >= 0.6 is 11.6 Å². The number of nitrogens with zero attached hydrogens (tertiary/aromatic N) is 5. The minimum atomic E-state index is -0.760. The number of amides is 1. The predicted octanol–water partition coefficient (Wildman–Crippen LogP) is 5.14. The zero-order valence-corrected chi connectivity index (χ0v) is 16.9. The molecule has 1 amide bonds. The quantitative estimate of drug-likeness (QED) is 0.558. The Hall–Kier alpha value is -3.50. The lowest BCUT2D eigenvalue weighted by Crippen LogP contribution is -2.35. The molecule has 0 aliphatic rings. The molecule has 7 nitrogen and oxygen atoms in total. The van der Waals surface area contributed by atoms with Crippen LogP contribution < -0.4 is 4.90 Å². The van der Waals surface area contributed by atoms with Crippen molar-refractivity contribution >= 4 is 29.2 Å². The first-order valence-corrected chi connectivity index (χ1v) is 9.14. The molecule has 146 valence electrons. The first-order valence-electron chi connectivity index (χ1n) is 8.76. The van der Waals surface area contributed by atoms with E-state index in [0.717, 1.165) is 11.1 Å². The summed E-state index contributed by atoms with van der Waals surface area (Å²) in [6.45, 7) is 5.25. The fourth-order valence-corrected chi connectivity index (χ4v) is 2.79. The molecule has 0 radical (unpaired) electrons. The van der Waals surface area contributed by atoms with Crippen LogP contribution in [-0.2, 0) is 4.74 Å². The Labute approximate surface area is 173 Å². The summed E-state index contributed by atoms with van der Waals surface area (Å²) in [5, 5.41) is 17.7. The molecular formula is C21H18ClN5O2. The van der Waals surface area contributed by atoms with Crippen LogP contribution in [0.1, 0.15) is 26.3 Å². The molecule has 3 rings (SSSR count). The number of carbonyl (C=O) groups excluding carboxylic acids is 1.